The van der Waals surface area contributed by atoms with Gasteiger partial charge < -0.3 is 16.2 Å². The summed E-state index contributed by atoms with van der Waals surface area (Å²) in [5.74, 6) is 0.753. The molecule has 4 heteroatoms. The van der Waals surface area contributed by atoms with Gasteiger partial charge in [-0.2, -0.15) is 0 Å². The van der Waals surface area contributed by atoms with Crippen LogP contribution in [0.2, 0.25) is 0 Å². The van der Waals surface area contributed by atoms with Crippen molar-refractivity contribution in [2.24, 2.45) is 0 Å². The lowest BCUT2D eigenvalue weighted by molar-refractivity contribution is 0.191. The first-order chi connectivity index (χ1) is 10.2. The normalized spacial score (nSPS) is 12.2. The summed E-state index contributed by atoms with van der Waals surface area (Å²) >= 11 is 0. The van der Waals surface area contributed by atoms with Crippen LogP contribution in [0.3, 0.4) is 0 Å². The Labute approximate surface area is 123 Å². The summed E-state index contributed by atoms with van der Waals surface area (Å²) in [6.07, 6.45) is -0.598. The third kappa shape index (κ3) is 3.12. The van der Waals surface area contributed by atoms with Crippen molar-refractivity contribution in [2.75, 3.05) is 17.6 Å². The van der Waals surface area contributed by atoms with Crippen LogP contribution in [0, 0.1) is 0 Å². The molecule has 1 aromatic heterocycles. The number of pyridine rings is 1. The van der Waals surface area contributed by atoms with Crippen LogP contribution >= 0.6 is 0 Å². The van der Waals surface area contributed by atoms with E-state index < -0.39 is 6.10 Å². The maximum Gasteiger partial charge on any atom is 0.126 e. The highest BCUT2D eigenvalue weighted by atomic mass is 16.3. The zero-order chi connectivity index (χ0) is 14.7. The predicted octanol–water partition coefficient (Wildman–Crippen LogP) is 2.96. The van der Waals surface area contributed by atoms with Crippen molar-refractivity contribution in [3.05, 3.63) is 66.2 Å². The van der Waals surface area contributed by atoms with E-state index >= 15 is 0 Å². The van der Waals surface area contributed by atoms with E-state index in [2.05, 4.69) is 10.3 Å². The third-order valence-corrected chi connectivity index (χ3v) is 3.40. The molecule has 0 aliphatic rings. The zero-order valence-electron chi connectivity index (χ0n) is 11.5. The van der Waals surface area contributed by atoms with Gasteiger partial charge in [0.2, 0.25) is 0 Å². The first-order valence-corrected chi connectivity index (χ1v) is 6.85. The molecule has 0 aliphatic carbocycles. The van der Waals surface area contributed by atoms with Gasteiger partial charge in [0.1, 0.15) is 5.82 Å². The van der Waals surface area contributed by atoms with Crippen LogP contribution in [-0.4, -0.2) is 16.6 Å². The maximum atomic E-state index is 10.2. The second-order valence-corrected chi connectivity index (χ2v) is 4.95. The number of aliphatic hydroxyl groups excluding tert-OH is 1. The number of hydrogen-bond acceptors (Lipinski definition) is 4. The highest BCUT2D eigenvalue weighted by Crippen LogP contribution is 2.17. The van der Waals surface area contributed by atoms with E-state index in [4.69, 9.17) is 5.73 Å². The summed E-state index contributed by atoms with van der Waals surface area (Å²) in [5, 5.41) is 14.4. The third-order valence-electron chi connectivity index (χ3n) is 3.40. The van der Waals surface area contributed by atoms with Crippen LogP contribution < -0.4 is 11.1 Å². The molecule has 3 aromatic rings. The lowest BCUT2D eigenvalue weighted by Gasteiger charge is -2.13. The zero-order valence-corrected chi connectivity index (χ0v) is 11.5. The average molecular weight is 279 g/mol. The molecule has 1 unspecified atom stereocenters. The summed E-state index contributed by atoms with van der Waals surface area (Å²) in [6, 6.07) is 19.1. The van der Waals surface area contributed by atoms with Crippen molar-refractivity contribution in [1.82, 2.24) is 4.98 Å². The Morgan fingerprint density at radius 3 is 2.57 bits per heavy atom. The number of rotatable bonds is 4. The van der Waals surface area contributed by atoms with Crippen LogP contribution in [0.15, 0.2) is 60.7 Å². The predicted molar refractivity (Wildman–Crippen MR) is 86.0 cm³/mol. The fourth-order valence-corrected chi connectivity index (χ4v) is 2.20. The topological polar surface area (TPSA) is 71.2 Å². The minimum Gasteiger partial charge on any atom is -0.399 e. The van der Waals surface area contributed by atoms with Gasteiger partial charge in [-0.1, -0.05) is 30.3 Å². The van der Waals surface area contributed by atoms with Crippen LogP contribution in [0.4, 0.5) is 11.5 Å². The van der Waals surface area contributed by atoms with Gasteiger partial charge in [0.25, 0.3) is 0 Å². The van der Waals surface area contributed by atoms with Crippen molar-refractivity contribution in [3.63, 3.8) is 0 Å². The molecule has 0 saturated heterocycles. The number of benzene rings is 2. The average Bonchev–Trinajstić information content (AvgIpc) is 2.53. The van der Waals surface area contributed by atoms with Gasteiger partial charge in [-0.15, -0.1) is 0 Å². The summed E-state index contributed by atoms with van der Waals surface area (Å²) in [7, 11) is 0. The molecular formula is C17H17N3O. The molecule has 0 radical (unpaired) electrons. The number of hydrogen-bond donors (Lipinski definition) is 3. The van der Waals surface area contributed by atoms with E-state index in [9.17, 15) is 5.11 Å². The summed E-state index contributed by atoms with van der Waals surface area (Å²) in [4.78, 5) is 4.51. The van der Waals surface area contributed by atoms with Gasteiger partial charge in [0.05, 0.1) is 11.6 Å². The fourth-order valence-electron chi connectivity index (χ4n) is 2.20. The maximum absolute atomic E-state index is 10.2. The van der Waals surface area contributed by atoms with Gasteiger partial charge in [-0.05, 0) is 35.9 Å². The lowest BCUT2D eigenvalue weighted by atomic mass is 10.1. The van der Waals surface area contributed by atoms with E-state index in [-0.39, 0.29) is 0 Å². The molecular weight excluding hydrogens is 262 g/mol. The van der Waals surface area contributed by atoms with E-state index in [0.717, 1.165) is 22.3 Å². The number of nitrogens with one attached hydrogen (secondary N) is 1. The number of aliphatic hydroxyl groups is 1. The molecule has 0 spiro atoms. The lowest BCUT2D eigenvalue weighted by Crippen LogP contribution is -2.12. The Balaban J connectivity index is 1.69. The Kier molecular flexibility index (Phi) is 3.71. The molecule has 0 fully saturated rings. The molecule has 0 aliphatic heterocycles. The van der Waals surface area contributed by atoms with Crippen molar-refractivity contribution in [1.29, 1.82) is 0 Å². The minimum atomic E-state index is -0.598. The Morgan fingerprint density at radius 2 is 1.76 bits per heavy atom. The second kappa shape index (κ2) is 5.81. The van der Waals surface area contributed by atoms with Crippen LogP contribution in [0.1, 0.15) is 11.7 Å². The van der Waals surface area contributed by atoms with Gasteiger partial charge in [0.15, 0.2) is 0 Å². The van der Waals surface area contributed by atoms with Gasteiger partial charge in [-0.25, -0.2) is 4.98 Å². The first kappa shape index (κ1) is 13.4. The monoisotopic (exact) mass is 279 g/mol. The summed E-state index contributed by atoms with van der Waals surface area (Å²) < 4.78 is 0. The highest BCUT2D eigenvalue weighted by molar-refractivity contribution is 5.80. The molecule has 4 nitrogen and oxygen atoms in total. The molecule has 0 saturated carbocycles. The Morgan fingerprint density at radius 1 is 1.00 bits per heavy atom. The molecule has 106 valence electrons. The molecule has 1 heterocycles. The number of nitrogens with zero attached hydrogens (tertiary/aromatic N) is 1. The second-order valence-electron chi connectivity index (χ2n) is 4.95. The molecule has 21 heavy (non-hydrogen) atoms. The molecule has 2 aromatic carbocycles. The number of aromatic nitrogens is 1. The number of nitrogen functional groups attached to an aromatic ring is 1. The Hall–Kier alpha value is -2.59. The van der Waals surface area contributed by atoms with E-state index in [0.29, 0.717) is 12.2 Å². The molecule has 3 rings (SSSR count). The molecule has 0 amide bonds. The quantitative estimate of drug-likeness (QED) is 0.642. The van der Waals surface area contributed by atoms with Crippen molar-refractivity contribution < 1.29 is 5.11 Å². The molecule has 0 bridgehead atoms. The van der Waals surface area contributed by atoms with E-state index in [1.54, 1.807) is 12.1 Å². The molecule has 1 atom stereocenters. The van der Waals surface area contributed by atoms with Crippen molar-refractivity contribution >= 4 is 22.4 Å². The summed E-state index contributed by atoms with van der Waals surface area (Å²) in [5.41, 5.74) is 8.09. The van der Waals surface area contributed by atoms with Gasteiger partial charge >= 0.3 is 0 Å². The summed E-state index contributed by atoms with van der Waals surface area (Å²) in [6.45, 7) is 0.398. The number of anilines is 2. The smallest absolute Gasteiger partial charge is 0.126 e. The highest BCUT2D eigenvalue weighted by Gasteiger charge is 2.07. The SMILES string of the molecule is Nc1ccc(C(O)CNc2ccc3ccccc3n2)cc1. The minimum absolute atomic E-state index is 0.398. The number of fused-ring (bicyclic) bond motifs is 1. The standard InChI is InChI=1S/C17H17N3O/c18-14-8-5-13(6-9-14)16(21)11-19-17-10-7-12-3-1-2-4-15(12)20-17/h1-10,16,21H,11,18H2,(H,19,20). The van der Waals surface area contributed by atoms with E-state index in [1.807, 2.05) is 48.5 Å². The molecule has 4 N–H and O–H groups in total. The van der Waals surface area contributed by atoms with Gasteiger partial charge in [-0.3, -0.25) is 0 Å². The van der Waals surface area contributed by atoms with Crippen molar-refractivity contribution in [2.45, 2.75) is 6.10 Å². The van der Waals surface area contributed by atoms with Gasteiger partial charge in [0, 0.05) is 17.6 Å². The first-order valence-electron chi connectivity index (χ1n) is 6.85. The fraction of sp³-hybridized carbons (Fsp3) is 0.118. The van der Waals surface area contributed by atoms with Crippen LogP contribution in [-0.2, 0) is 0 Å². The largest absolute Gasteiger partial charge is 0.399 e. The number of para-hydroxylation sites is 1. The van der Waals surface area contributed by atoms with E-state index in [1.165, 1.54) is 0 Å². The van der Waals surface area contributed by atoms with Crippen LogP contribution in [0.5, 0.6) is 0 Å². The van der Waals surface area contributed by atoms with Crippen LogP contribution in [0.25, 0.3) is 10.9 Å². The van der Waals surface area contributed by atoms with Crippen molar-refractivity contribution in [3.8, 4) is 0 Å². The number of nitrogens with two attached hydrogens (primary N) is 1. The Bertz CT molecular complexity index is 740.